The Kier molecular flexibility index (Phi) is 2.89. The van der Waals surface area contributed by atoms with Crippen LogP contribution in [-0.4, -0.2) is 35.6 Å². The Bertz CT molecular complexity index is 190. The highest BCUT2D eigenvalue weighted by Gasteiger charge is 2.58. The van der Waals surface area contributed by atoms with Crippen LogP contribution >= 0.6 is 0 Å². The highest BCUT2D eigenvalue weighted by atomic mass is 19.3. The van der Waals surface area contributed by atoms with Crippen molar-refractivity contribution < 1.29 is 28.0 Å². The van der Waals surface area contributed by atoms with Crippen LogP contribution in [0.3, 0.4) is 0 Å². The molecule has 13 heavy (non-hydrogen) atoms. The zero-order valence-electron chi connectivity index (χ0n) is 6.84. The lowest BCUT2D eigenvalue weighted by molar-refractivity contribution is -0.292. The van der Waals surface area contributed by atoms with Gasteiger partial charge in [-0.2, -0.15) is 0 Å². The fraction of sp³-hybridized carbons (Fsp3) is 1.00. The fourth-order valence-corrected chi connectivity index (χ4v) is 1.26. The lowest BCUT2D eigenvalue weighted by atomic mass is 9.78. The van der Waals surface area contributed by atoms with E-state index < -0.39 is 31.6 Å². The standard InChI is InChI=1S/C6H10BF3O3/c8-5(9)2-1-3-13-6(5,10)4-7(11)12/h11-12H,1-4H2. The monoisotopic (exact) mass is 198 g/mol. The van der Waals surface area contributed by atoms with Gasteiger partial charge in [0.15, 0.2) is 0 Å². The van der Waals surface area contributed by atoms with Gasteiger partial charge in [-0.15, -0.1) is 0 Å². The van der Waals surface area contributed by atoms with E-state index in [0.29, 0.717) is 0 Å². The first-order valence-electron chi connectivity index (χ1n) is 3.94. The van der Waals surface area contributed by atoms with Gasteiger partial charge in [0.1, 0.15) is 0 Å². The summed E-state index contributed by atoms with van der Waals surface area (Å²) < 4.78 is 43.3. The van der Waals surface area contributed by atoms with Gasteiger partial charge in [0.05, 0.1) is 6.61 Å². The molecule has 76 valence electrons. The zero-order chi connectivity index (χ0) is 10.1. The maximum Gasteiger partial charge on any atom is 0.457 e. The zero-order valence-corrected chi connectivity index (χ0v) is 6.84. The van der Waals surface area contributed by atoms with Crippen LogP contribution in [0, 0.1) is 0 Å². The number of rotatable bonds is 2. The van der Waals surface area contributed by atoms with Crippen LogP contribution in [0.1, 0.15) is 12.8 Å². The van der Waals surface area contributed by atoms with Crippen LogP contribution in [0.15, 0.2) is 0 Å². The lowest BCUT2D eigenvalue weighted by Gasteiger charge is -2.36. The molecule has 1 atom stereocenters. The van der Waals surface area contributed by atoms with Gasteiger partial charge in [0, 0.05) is 12.7 Å². The number of hydrogen-bond donors (Lipinski definition) is 2. The molecule has 1 fully saturated rings. The van der Waals surface area contributed by atoms with E-state index in [1.165, 1.54) is 0 Å². The van der Waals surface area contributed by atoms with Gasteiger partial charge >= 0.3 is 13.0 Å². The number of alkyl halides is 3. The van der Waals surface area contributed by atoms with Crippen LogP contribution in [0.4, 0.5) is 13.2 Å². The number of halogens is 3. The molecule has 3 nitrogen and oxygen atoms in total. The molecule has 1 unspecified atom stereocenters. The van der Waals surface area contributed by atoms with E-state index in [-0.39, 0.29) is 13.0 Å². The summed E-state index contributed by atoms with van der Waals surface area (Å²) in [4.78, 5) is 0. The molecule has 7 heteroatoms. The average Bonchev–Trinajstić information content (AvgIpc) is 1.94. The molecule has 0 aromatic heterocycles. The molecule has 1 aliphatic rings. The molecular weight excluding hydrogens is 188 g/mol. The third-order valence-electron chi connectivity index (χ3n) is 1.96. The largest absolute Gasteiger partial charge is 0.457 e. The molecule has 0 bridgehead atoms. The summed E-state index contributed by atoms with van der Waals surface area (Å²) in [5, 5.41) is 16.8. The second kappa shape index (κ2) is 3.47. The Morgan fingerprint density at radius 3 is 2.38 bits per heavy atom. The first-order valence-corrected chi connectivity index (χ1v) is 3.94. The summed E-state index contributed by atoms with van der Waals surface area (Å²) in [5.41, 5.74) is 0. The van der Waals surface area contributed by atoms with Crippen LogP contribution < -0.4 is 0 Å². The molecule has 2 N–H and O–H groups in total. The maximum atomic E-state index is 13.3. The predicted molar refractivity (Wildman–Crippen MR) is 39.0 cm³/mol. The van der Waals surface area contributed by atoms with Crippen LogP contribution in [0.25, 0.3) is 0 Å². The first kappa shape index (κ1) is 10.8. The highest BCUT2D eigenvalue weighted by Crippen LogP contribution is 2.43. The Balaban J connectivity index is 2.72. The van der Waals surface area contributed by atoms with Crippen molar-refractivity contribution in [1.82, 2.24) is 0 Å². The molecule has 0 aromatic carbocycles. The summed E-state index contributed by atoms with van der Waals surface area (Å²) in [6.07, 6.45) is -1.68. The number of hydrogen-bond acceptors (Lipinski definition) is 3. The average molecular weight is 198 g/mol. The van der Waals surface area contributed by atoms with Crippen LogP contribution in [-0.2, 0) is 4.74 Å². The smallest absolute Gasteiger partial charge is 0.427 e. The second-order valence-electron chi connectivity index (χ2n) is 3.07. The molecule has 0 amide bonds. The Morgan fingerprint density at radius 1 is 1.31 bits per heavy atom. The van der Waals surface area contributed by atoms with E-state index in [2.05, 4.69) is 4.74 Å². The highest BCUT2D eigenvalue weighted by molar-refractivity contribution is 6.41. The van der Waals surface area contributed by atoms with Crippen LogP contribution in [0.5, 0.6) is 0 Å². The van der Waals surface area contributed by atoms with Crippen molar-refractivity contribution in [3.63, 3.8) is 0 Å². The van der Waals surface area contributed by atoms with E-state index in [4.69, 9.17) is 10.0 Å². The molecule has 0 aromatic rings. The third kappa shape index (κ3) is 2.15. The topological polar surface area (TPSA) is 49.7 Å². The van der Waals surface area contributed by atoms with Crippen LogP contribution in [0.2, 0.25) is 6.32 Å². The molecule has 1 saturated heterocycles. The van der Waals surface area contributed by atoms with Gasteiger partial charge in [-0.1, -0.05) is 0 Å². The Hall–Kier alpha value is -0.265. The second-order valence-corrected chi connectivity index (χ2v) is 3.07. The van der Waals surface area contributed by atoms with E-state index in [9.17, 15) is 13.2 Å². The fourth-order valence-electron chi connectivity index (χ4n) is 1.26. The molecular formula is C6H10BF3O3. The van der Waals surface area contributed by atoms with E-state index in [1.807, 2.05) is 0 Å². The maximum absolute atomic E-state index is 13.3. The summed E-state index contributed by atoms with van der Waals surface area (Å²) in [7, 11) is -2.13. The summed E-state index contributed by atoms with van der Waals surface area (Å²) in [5.74, 6) is -6.88. The molecule has 0 spiro atoms. The molecule has 0 saturated carbocycles. The van der Waals surface area contributed by atoms with E-state index in [0.717, 1.165) is 0 Å². The van der Waals surface area contributed by atoms with Crippen molar-refractivity contribution >= 4 is 7.12 Å². The summed E-state index contributed by atoms with van der Waals surface area (Å²) >= 11 is 0. The normalized spacial score (nSPS) is 33.0. The van der Waals surface area contributed by atoms with Crippen molar-refractivity contribution in [3.05, 3.63) is 0 Å². The Morgan fingerprint density at radius 2 is 1.92 bits per heavy atom. The van der Waals surface area contributed by atoms with Gasteiger partial charge in [-0.25, -0.2) is 13.2 Å². The van der Waals surface area contributed by atoms with Gasteiger partial charge in [-0.05, 0) is 6.42 Å². The third-order valence-corrected chi connectivity index (χ3v) is 1.96. The molecule has 0 aliphatic carbocycles. The number of ether oxygens (including phenoxy) is 1. The minimum absolute atomic E-state index is 0.0696. The Labute approximate surface area is 73.6 Å². The van der Waals surface area contributed by atoms with Crippen molar-refractivity contribution in [3.8, 4) is 0 Å². The van der Waals surface area contributed by atoms with E-state index in [1.54, 1.807) is 0 Å². The summed E-state index contributed by atoms with van der Waals surface area (Å²) in [6, 6.07) is 0. The lowest BCUT2D eigenvalue weighted by Crippen LogP contribution is -2.52. The van der Waals surface area contributed by atoms with Crippen molar-refractivity contribution in [2.24, 2.45) is 0 Å². The van der Waals surface area contributed by atoms with Crippen molar-refractivity contribution in [1.29, 1.82) is 0 Å². The molecule has 1 aliphatic heterocycles. The predicted octanol–water partition coefficient (Wildman–Crippen LogP) is 0.571. The minimum Gasteiger partial charge on any atom is -0.427 e. The minimum atomic E-state index is -3.64. The van der Waals surface area contributed by atoms with Gasteiger partial charge in [0.2, 0.25) is 0 Å². The molecule has 1 heterocycles. The van der Waals surface area contributed by atoms with Gasteiger partial charge in [0.25, 0.3) is 5.85 Å². The quantitative estimate of drug-likeness (QED) is 0.637. The van der Waals surface area contributed by atoms with Gasteiger partial charge in [-0.3, -0.25) is 0 Å². The van der Waals surface area contributed by atoms with Crippen molar-refractivity contribution in [2.45, 2.75) is 30.9 Å². The first-order chi connectivity index (χ1) is 5.87. The van der Waals surface area contributed by atoms with E-state index >= 15 is 0 Å². The molecule has 1 rings (SSSR count). The molecule has 0 radical (unpaired) electrons. The summed E-state index contributed by atoms with van der Waals surface area (Å²) in [6.45, 7) is -0.126. The SMILES string of the molecule is OB(O)CC1(F)OCCCC1(F)F. The van der Waals surface area contributed by atoms with Crippen molar-refractivity contribution in [2.75, 3.05) is 6.61 Å². The van der Waals surface area contributed by atoms with Gasteiger partial charge < -0.3 is 14.8 Å².